The summed E-state index contributed by atoms with van der Waals surface area (Å²) in [6.45, 7) is 2.67. The second kappa shape index (κ2) is 8.07. The van der Waals surface area contributed by atoms with Crippen LogP contribution < -0.4 is 5.73 Å². The van der Waals surface area contributed by atoms with Gasteiger partial charge in [0.05, 0.1) is 13.2 Å². The van der Waals surface area contributed by atoms with Crippen LogP contribution in [0, 0.1) is 18.2 Å². The summed E-state index contributed by atoms with van der Waals surface area (Å²) in [5, 5.41) is 0. The summed E-state index contributed by atoms with van der Waals surface area (Å²) in [5.41, 5.74) is 6.69. The van der Waals surface area contributed by atoms with Crippen molar-refractivity contribution in [3.63, 3.8) is 0 Å². The molecule has 20 heavy (non-hydrogen) atoms. The van der Waals surface area contributed by atoms with E-state index in [1.807, 2.05) is 4.90 Å². The Morgan fingerprint density at radius 1 is 1.35 bits per heavy atom. The average molecular weight is 389 g/mol. The van der Waals surface area contributed by atoms with Gasteiger partial charge in [-0.15, -0.1) is 30.4 Å². The van der Waals surface area contributed by atoms with Gasteiger partial charge in [-0.3, -0.25) is 0 Å². The number of guanidine groups is 1. The summed E-state index contributed by atoms with van der Waals surface area (Å²) in [4.78, 5) is 6.25. The number of aliphatic imine (C=N–C) groups is 1. The smallest absolute Gasteiger partial charge is 0.193 e. The van der Waals surface area contributed by atoms with Gasteiger partial charge in [0.1, 0.15) is 11.9 Å². The third-order valence-corrected chi connectivity index (χ3v) is 2.94. The summed E-state index contributed by atoms with van der Waals surface area (Å²) in [6.07, 6.45) is 5.47. The molecule has 1 aliphatic rings. The molecule has 1 saturated heterocycles. The number of ether oxygens (including phenoxy) is 1. The molecule has 1 aromatic carbocycles. The normalized spacial score (nSPS) is 17.0. The van der Waals surface area contributed by atoms with Crippen LogP contribution in [-0.4, -0.2) is 37.2 Å². The number of hydrogen-bond donors (Lipinski definition) is 1. The molecule has 1 aromatic rings. The van der Waals surface area contributed by atoms with E-state index in [0.29, 0.717) is 32.3 Å². The zero-order valence-corrected chi connectivity index (χ0v) is 13.3. The molecule has 2 rings (SSSR count). The number of rotatable bonds is 2. The Labute approximate surface area is 135 Å². The maximum absolute atomic E-state index is 12.9. The van der Waals surface area contributed by atoms with Gasteiger partial charge >= 0.3 is 0 Å². The van der Waals surface area contributed by atoms with Crippen molar-refractivity contribution in [1.29, 1.82) is 0 Å². The summed E-state index contributed by atoms with van der Waals surface area (Å²) >= 11 is 0. The molecule has 0 saturated carbocycles. The highest BCUT2D eigenvalue weighted by Gasteiger charge is 2.14. The lowest BCUT2D eigenvalue weighted by atomic mass is 10.1. The molecule has 1 aliphatic heterocycles. The van der Waals surface area contributed by atoms with Gasteiger partial charge in [-0.2, -0.15) is 0 Å². The van der Waals surface area contributed by atoms with E-state index in [0.717, 1.165) is 5.56 Å². The fourth-order valence-electron chi connectivity index (χ4n) is 1.86. The largest absolute Gasteiger partial charge is 0.378 e. The molecule has 0 amide bonds. The molecule has 0 spiro atoms. The van der Waals surface area contributed by atoms with E-state index in [1.54, 1.807) is 12.1 Å². The fourth-order valence-corrected chi connectivity index (χ4v) is 1.86. The van der Waals surface area contributed by atoms with E-state index < -0.39 is 6.04 Å². The predicted octanol–water partition coefficient (Wildman–Crippen LogP) is 1.76. The number of hydrogen-bond acceptors (Lipinski definition) is 2. The number of nitrogens with two attached hydrogens (primary N) is 1. The van der Waals surface area contributed by atoms with Crippen molar-refractivity contribution >= 4 is 29.9 Å². The summed E-state index contributed by atoms with van der Waals surface area (Å²) < 4.78 is 18.1. The van der Waals surface area contributed by atoms with Crippen LogP contribution in [0.4, 0.5) is 4.39 Å². The van der Waals surface area contributed by atoms with Crippen LogP contribution in [0.15, 0.2) is 29.3 Å². The molecule has 4 nitrogen and oxygen atoms in total. The van der Waals surface area contributed by atoms with Crippen molar-refractivity contribution in [2.45, 2.75) is 6.04 Å². The van der Waals surface area contributed by atoms with E-state index in [-0.39, 0.29) is 29.8 Å². The molecule has 1 fully saturated rings. The van der Waals surface area contributed by atoms with E-state index in [4.69, 9.17) is 16.9 Å². The molecule has 0 aromatic heterocycles. The topological polar surface area (TPSA) is 50.8 Å². The first kappa shape index (κ1) is 16.7. The Balaban J connectivity index is 0.00000200. The highest BCUT2D eigenvalue weighted by atomic mass is 127. The quantitative estimate of drug-likeness (QED) is 0.363. The lowest BCUT2D eigenvalue weighted by molar-refractivity contribution is 0.0673. The van der Waals surface area contributed by atoms with Crippen LogP contribution in [0.5, 0.6) is 0 Å². The molecular weight excluding hydrogens is 372 g/mol. The van der Waals surface area contributed by atoms with Crippen molar-refractivity contribution in [1.82, 2.24) is 4.90 Å². The van der Waals surface area contributed by atoms with Gasteiger partial charge in [0.25, 0.3) is 0 Å². The van der Waals surface area contributed by atoms with Crippen molar-refractivity contribution in [2.24, 2.45) is 10.7 Å². The molecule has 0 bridgehead atoms. The average Bonchev–Trinajstić information content (AvgIpc) is 2.46. The van der Waals surface area contributed by atoms with E-state index in [2.05, 4.69) is 10.9 Å². The molecule has 1 unspecified atom stereocenters. The fraction of sp³-hybridized carbons (Fsp3) is 0.357. The van der Waals surface area contributed by atoms with E-state index >= 15 is 0 Å². The zero-order valence-electron chi connectivity index (χ0n) is 11.0. The van der Waals surface area contributed by atoms with E-state index in [1.165, 1.54) is 12.1 Å². The van der Waals surface area contributed by atoms with Crippen LogP contribution in [0.25, 0.3) is 0 Å². The van der Waals surface area contributed by atoms with Crippen molar-refractivity contribution in [3.8, 4) is 12.3 Å². The minimum absolute atomic E-state index is 0. The van der Waals surface area contributed by atoms with Crippen LogP contribution in [0.2, 0.25) is 0 Å². The lowest BCUT2D eigenvalue weighted by Gasteiger charge is -2.28. The second-order valence-electron chi connectivity index (χ2n) is 4.21. The SMILES string of the molecule is C#CC(N=C(N)N1CCOCC1)c1ccc(F)cc1.I. The van der Waals surface area contributed by atoms with Crippen LogP contribution in [-0.2, 0) is 4.74 Å². The van der Waals surface area contributed by atoms with E-state index in [9.17, 15) is 4.39 Å². The van der Waals surface area contributed by atoms with Gasteiger partial charge in [-0.1, -0.05) is 18.1 Å². The Kier molecular flexibility index (Phi) is 6.75. The summed E-state index contributed by atoms with van der Waals surface area (Å²) in [6, 6.07) is 5.47. The minimum atomic E-state index is -0.497. The molecule has 2 N–H and O–H groups in total. The molecule has 0 radical (unpaired) electrons. The molecule has 1 atom stereocenters. The van der Waals surface area contributed by atoms with Crippen LogP contribution in [0.3, 0.4) is 0 Å². The molecule has 6 heteroatoms. The second-order valence-corrected chi connectivity index (χ2v) is 4.21. The maximum Gasteiger partial charge on any atom is 0.193 e. The predicted molar refractivity (Wildman–Crippen MR) is 87.4 cm³/mol. The van der Waals surface area contributed by atoms with Crippen molar-refractivity contribution in [3.05, 3.63) is 35.6 Å². The minimum Gasteiger partial charge on any atom is -0.378 e. The number of benzene rings is 1. The zero-order chi connectivity index (χ0) is 13.7. The maximum atomic E-state index is 12.9. The lowest BCUT2D eigenvalue weighted by Crippen LogP contribution is -2.45. The Hall–Kier alpha value is -1.33. The Morgan fingerprint density at radius 2 is 1.95 bits per heavy atom. The van der Waals surface area contributed by atoms with Gasteiger partial charge in [0.15, 0.2) is 5.96 Å². The van der Waals surface area contributed by atoms with Gasteiger partial charge in [-0.25, -0.2) is 9.38 Å². The van der Waals surface area contributed by atoms with Gasteiger partial charge < -0.3 is 15.4 Å². The van der Waals surface area contributed by atoms with Crippen LogP contribution >= 0.6 is 24.0 Å². The van der Waals surface area contributed by atoms with Gasteiger partial charge in [-0.05, 0) is 17.7 Å². The van der Waals surface area contributed by atoms with Crippen molar-refractivity contribution in [2.75, 3.05) is 26.3 Å². The highest BCUT2D eigenvalue weighted by molar-refractivity contribution is 14.0. The molecule has 0 aliphatic carbocycles. The van der Waals surface area contributed by atoms with Gasteiger partial charge in [0.2, 0.25) is 0 Å². The Bertz CT molecular complexity index is 492. The first-order valence-corrected chi connectivity index (χ1v) is 6.08. The third-order valence-electron chi connectivity index (χ3n) is 2.94. The first-order valence-electron chi connectivity index (χ1n) is 6.08. The molecular formula is C14H17FIN3O. The van der Waals surface area contributed by atoms with Crippen LogP contribution in [0.1, 0.15) is 11.6 Å². The molecule has 1 heterocycles. The standard InChI is InChI=1S/C14H16FN3O.HI/c1-2-13(11-3-5-12(15)6-4-11)17-14(16)18-7-9-19-10-8-18;/h1,3-6,13H,7-10H2,(H2,16,17);1H. The number of terminal acetylenes is 1. The van der Waals surface area contributed by atoms with Crippen molar-refractivity contribution < 1.29 is 9.13 Å². The number of halogens is 2. The monoisotopic (exact) mass is 389 g/mol. The number of morpholine rings is 1. The first-order chi connectivity index (χ1) is 9.20. The molecule has 108 valence electrons. The third kappa shape index (κ3) is 4.35. The summed E-state index contributed by atoms with van der Waals surface area (Å²) in [5.74, 6) is 2.66. The summed E-state index contributed by atoms with van der Waals surface area (Å²) in [7, 11) is 0. The van der Waals surface area contributed by atoms with Gasteiger partial charge in [0, 0.05) is 13.1 Å². The highest BCUT2D eigenvalue weighted by Crippen LogP contribution is 2.17. The Morgan fingerprint density at radius 3 is 2.50 bits per heavy atom. The number of nitrogens with zero attached hydrogens (tertiary/aromatic N) is 2.